The van der Waals surface area contributed by atoms with Crippen LogP contribution in [0.25, 0.3) is 5.57 Å². The second-order valence-electron chi connectivity index (χ2n) is 7.30. The van der Waals surface area contributed by atoms with Crippen LogP contribution in [0, 0.1) is 6.92 Å². The number of fused-ring (bicyclic) bond motifs is 2. The summed E-state index contributed by atoms with van der Waals surface area (Å²) in [4.78, 5) is 11.9. The number of hydrogen-bond acceptors (Lipinski definition) is 1. The van der Waals surface area contributed by atoms with Crippen LogP contribution >= 0.6 is 0 Å². The lowest BCUT2D eigenvalue weighted by Crippen LogP contribution is -2.17. The standard InChI is InChI=1S/C24H21NO2/c1-15-8-10-19-16(12-15)13-17-14-18(25(2)3)9-11-20(17)23(19)21-6-4-5-7-22(21)24(26)27/h4-12,14H,13H2,1-3H3/p+1. The third-order valence-electron chi connectivity index (χ3n) is 5.21. The summed E-state index contributed by atoms with van der Waals surface area (Å²) >= 11 is 0. The molecule has 2 aliphatic carbocycles. The van der Waals surface area contributed by atoms with Crippen molar-refractivity contribution in [2.24, 2.45) is 0 Å². The molecule has 0 amide bonds. The van der Waals surface area contributed by atoms with Crippen molar-refractivity contribution in [2.45, 2.75) is 13.3 Å². The molecule has 0 saturated heterocycles. The van der Waals surface area contributed by atoms with Crippen LogP contribution in [0.2, 0.25) is 0 Å². The Kier molecular flexibility index (Phi) is 4.15. The second kappa shape index (κ2) is 6.51. The summed E-state index contributed by atoms with van der Waals surface area (Å²) in [5, 5.41) is 9.73. The van der Waals surface area contributed by atoms with E-state index in [2.05, 4.69) is 47.9 Å². The van der Waals surface area contributed by atoms with Crippen molar-refractivity contribution in [3.05, 3.63) is 99.7 Å². The van der Waals surface area contributed by atoms with Crippen LogP contribution in [0.15, 0.2) is 71.8 Å². The number of rotatable bonds is 2. The fourth-order valence-corrected chi connectivity index (χ4v) is 3.89. The van der Waals surface area contributed by atoms with Gasteiger partial charge < -0.3 is 5.11 Å². The number of aromatic carboxylic acids is 1. The molecule has 134 valence electrons. The fraction of sp³-hybridized carbons (Fsp3) is 0.167. The molecule has 3 nitrogen and oxygen atoms in total. The first-order valence-electron chi connectivity index (χ1n) is 9.06. The fourth-order valence-electron chi connectivity index (χ4n) is 3.89. The van der Waals surface area contributed by atoms with Gasteiger partial charge in [0, 0.05) is 12.2 Å². The predicted octanol–water partition coefficient (Wildman–Crippen LogP) is 4.26. The average molecular weight is 356 g/mol. The van der Waals surface area contributed by atoms with Crippen molar-refractivity contribution >= 4 is 17.3 Å². The van der Waals surface area contributed by atoms with E-state index in [0.29, 0.717) is 5.56 Å². The van der Waals surface area contributed by atoms with Crippen molar-refractivity contribution < 1.29 is 14.5 Å². The summed E-state index contributed by atoms with van der Waals surface area (Å²) in [5.41, 5.74) is 9.20. The first-order valence-corrected chi connectivity index (χ1v) is 9.06. The Morgan fingerprint density at radius 2 is 1.81 bits per heavy atom. The van der Waals surface area contributed by atoms with Crippen LogP contribution < -0.4 is 0 Å². The molecule has 0 atom stereocenters. The van der Waals surface area contributed by atoms with E-state index < -0.39 is 5.97 Å². The molecule has 2 aliphatic rings. The molecule has 0 aromatic heterocycles. The van der Waals surface area contributed by atoms with Gasteiger partial charge in [0.15, 0.2) is 5.71 Å². The monoisotopic (exact) mass is 356 g/mol. The first kappa shape index (κ1) is 17.2. The summed E-state index contributed by atoms with van der Waals surface area (Å²) in [7, 11) is 4.07. The van der Waals surface area contributed by atoms with E-state index in [1.165, 1.54) is 16.7 Å². The minimum atomic E-state index is -0.899. The first-order chi connectivity index (χ1) is 13.0. The number of carbonyl (C=O) groups is 1. The lowest BCUT2D eigenvalue weighted by molar-refractivity contribution is -0.462. The molecule has 2 aromatic rings. The van der Waals surface area contributed by atoms with E-state index in [0.717, 1.165) is 34.4 Å². The van der Waals surface area contributed by atoms with E-state index in [9.17, 15) is 9.90 Å². The van der Waals surface area contributed by atoms with E-state index in [1.54, 1.807) is 12.1 Å². The topological polar surface area (TPSA) is 40.3 Å². The third kappa shape index (κ3) is 2.95. The maximum Gasteiger partial charge on any atom is 0.336 e. The maximum absolute atomic E-state index is 11.9. The molecule has 0 aliphatic heterocycles. The van der Waals surface area contributed by atoms with Gasteiger partial charge in [-0.25, -0.2) is 9.37 Å². The van der Waals surface area contributed by atoms with Gasteiger partial charge >= 0.3 is 5.97 Å². The summed E-state index contributed by atoms with van der Waals surface area (Å²) in [6, 6.07) is 13.7. The van der Waals surface area contributed by atoms with Crippen LogP contribution in [0.4, 0.5) is 0 Å². The van der Waals surface area contributed by atoms with Gasteiger partial charge in [-0.3, -0.25) is 0 Å². The van der Waals surface area contributed by atoms with Gasteiger partial charge in [-0.1, -0.05) is 42.0 Å². The smallest absolute Gasteiger partial charge is 0.336 e. The van der Waals surface area contributed by atoms with Gasteiger partial charge in [0.25, 0.3) is 0 Å². The van der Waals surface area contributed by atoms with Crippen LogP contribution in [-0.4, -0.2) is 35.5 Å². The SMILES string of the molecule is Cc1ccc2c(c1)CC1=CC(=[N+](C)C)C=CC1=C2c1ccccc1C(=O)O. The van der Waals surface area contributed by atoms with Gasteiger partial charge in [0.2, 0.25) is 0 Å². The van der Waals surface area contributed by atoms with E-state index in [-0.39, 0.29) is 0 Å². The molecule has 0 heterocycles. The molecule has 4 rings (SSSR count). The summed E-state index contributed by atoms with van der Waals surface area (Å²) in [6.45, 7) is 2.09. The quantitative estimate of drug-likeness (QED) is 0.817. The van der Waals surface area contributed by atoms with Gasteiger partial charge in [0.05, 0.1) is 5.56 Å². The highest BCUT2D eigenvalue weighted by atomic mass is 16.4. The molecule has 0 unspecified atom stereocenters. The molecule has 27 heavy (non-hydrogen) atoms. The largest absolute Gasteiger partial charge is 0.478 e. The minimum Gasteiger partial charge on any atom is -0.478 e. The predicted molar refractivity (Wildman–Crippen MR) is 109 cm³/mol. The molecule has 2 aromatic carbocycles. The molecular weight excluding hydrogens is 334 g/mol. The van der Waals surface area contributed by atoms with Crippen LogP contribution in [-0.2, 0) is 6.42 Å². The van der Waals surface area contributed by atoms with Crippen molar-refractivity contribution in [3.8, 4) is 0 Å². The lowest BCUT2D eigenvalue weighted by atomic mass is 9.76. The van der Waals surface area contributed by atoms with Gasteiger partial charge in [0.1, 0.15) is 14.1 Å². The summed E-state index contributed by atoms with van der Waals surface area (Å²) < 4.78 is 2.09. The summed E-state index contributed by atoms with van der Waals surface area (Å²) in [6.07, 6.45) is 7.29. The minimum absolute atomic E-state index is 0.337. The highest BCUT2D eigenvalue weighted by Gasteiger charge is 2.27. The molecule has 0 spiro atoms. The average Bonchev–Trinajstić information content (AvgIpc) is 2.65. The van der Waals surface area contributed by atoms with Crippen LogP contribution in [0.3, 0.4) is 0 Å². The number of nitrogens with zero attached hydrogens (tertiary/aromatic N) is 1. The summed E-state index contributed by atoms with van der Waals surface area (Å²) in [5.74, 6) is -0.899. The van der Waals surface area contributed by atoms with E-state index >= 15 is 0 Å². The maximum atomic E-state index is 11.9. The molecule has 0 radical (unpaired) electrons. The van der Waals surface area contributed by atoms with Gasteiger partial charge in [-0.05, 0) is 58.9 Å². The Morgan fingerprint density at radius 1 is 1.04 bits per heavy atom. The Bertz CT molecular complexity index is 1090. The zero-order valence-corrected chi connectivity index (χ0v) is 15.8. The lowest BCUT2D eigenvalue weighted by Gasteiger charge is -2.27. The number of aryl methyl sites for hydroxylation is 1. The van der Waals surface area contributed by atoms with Crippen molar-refractivity contribution in [1.82, 2.24) is 0 Å². The molecular formula is C24H22NO2+. The molecule has 1 N–H and O–H groups in total. The van der Waals surface area contributed by atoms with Gasteiger partial charge in [-0.2, -0.15) is 0 Å². The Labute approximate surface area is 159 Å². The van der Waals surface area contributed by atoms with Crippen LogP contribution in [0.5, 0.6) is 0 Å². The molecule has 0 bridgehead atoms. The molecule has 3 heteroatoms. The zero-order valence-electron chi connectivity index (χ0n) is 15.8. The second-order valence-corrected chi connectivity index (χ2v) is 7.30. The van der Waals surface area contributed by atoms with Crippen molar-refractivity contribution in [1.29, 1.82) is 0 Å². The normalized spacial score (nSPS) is 15.2. The molecule has 0 saturated carbocycles. The Hall–Kier alpha value is -3.20. The van der Waals surface area contributed by atoms with E-state index in [1.807, 2.05) is 26.2 Å². The number of allylic oxidation sites excluding steroid dienone is 5. The van der Waals surface area contributed by atoms with Crippen molar-refractivity contribution in [2.75, 3.05) is 14.1 Å². The highest BCUT2D eigenvalue weighted by Crippen LogP contribution is 2.41. The van der Waals surface area contributed by atoms with Crippen LogP contribution in [0.1, 0.15) is 32.6 Å². The number of carboxylic acids is 1. The third-order valence-corrected chi connectivity index (χ3v) is 5.21. The number of carboxylic acid groups (broad SMARTS) is 1. The number of benzene rings is 2. The molecule has 0 fully saturated rings. The zero-order chi connectivity index (χ0) is 19.1. The Morgan fingerprint density at radius 3 is 2.56 bits per heavy atom. The number of hydrogen-bond donors (Lipinski definition) is 1. The van der Waals surface area contributed by atoms with Gasteiger partial charge in [-0.15, -0.1) is 0 Å². The highest BCUT2D eigenvalue weighted by molar-refractivity contribution is 6.07. The van der Waals surface area contributed by atoms with E-state index in [4.69, 9.17) is 0 Å². The van der Waals surface area contributed by atoms with Crippen molar-refractivity contribution in [3.63, 3.8) is 0 Å². The Balaban J connectivity index is 2.06.